The first-order chi connectivity index (χ1) is 18.8. The molecule has 6 heteroatoms. The molecule has 0 spiro atoms. The molecule has 0 bridgehead atoms. The molecule has 3 aromatic heterocycles. The Balaban J connectivity index is 0.00000161. The van der Waals surface area contributed by atoms with Crippen molar-refractivity contribution in [2.75, 3.05) is 0 Å². The first kappa shape index (κ1) is 28.1. The van der Waals surface area contributed by atoms with E-state index in [4.69, 9.17) is 9.72 Å². The van der Waals surface area contributed by atoms with Gasteiger partial charge in [0.25, 0.3) is 0 Å². The number of aromatic nitrogens is 3. The van der Waals surface area contributed by atoms with E-state index in [0.29, 0.717) is 11.6 Å². The second kappa shape index (κ2) is 12.4. The van der Waals surface area contributed by atoms with Gasteiger partial charge in [0.15, 0.2) is 0 Å². The Morgan fingerprint density at radius 3 is 2.20 bits per heavy atom. The van der Waals surface area contributed by atoms with Gasteiger partial charge in [-0.2, -0.15) is 36.4 Å². The average molecular weight is 770 g/mol. The molecular formula is C34H19N3OPtY-2. The second-order valence-electron chi connectivity index (χ2n) is 8.77. The van der Waals surface area contributed by atoms with Crippen molar-refractivity contribution in [3.05, 3.63) is 140 Å². The molecule has 4 aromatic carbocycles. The van der Waals surface area contributed by atoms with E-state index >= 15 is 0 Å². The number of hydrogen-bond donors (Lipinski definition) is 0. The third-order valence-corrected chi connectivity index (χ3v) is 6.39. The summed E-state index contributed by atoms with van der Waals surface area (Å²) in [6.07, 6.45) is 1.83. The maximum Gasteiger partial charge on any atom is 2.00 e. The van der Waals surface area contributed by atoms with Crippen LogP contribution in [0.5, 0.6) is 11.6 Å². The summed E-state index contributed by atoms with van der Waals surface area (Å²) in [6, 6.07) is 48.8. The zero-order valence-electron chi connectivity index (χ0n) is 21.1. The standard InChI is InChI=1S/C34H19N3O.Pt.Y/c1-3-10-24(11-4-1)26-18-21-33(35-23-26)37-31-16-8-7-14-28(31)29-20-19-27(22-32(29)37)38-34-17-9-15-30(36-34)25-12-5-2-6-13-25;;/h1-10,12,14-17,19-21,23H;;/q-4;+2;. The van der Waals surface area contributed by atoms with E-state index in [1.54, 1.807) is 0 Å². The fourth-order valence-corrected chi connectivity index (χ4v) is 4.64. The summed E-state index contributed by atoms with van der Waals surface area (Å²) in [5, 5.41) is 2.18. The first-order valence-corrected chi connectivity index (χ1v) is 12.3. The van der Waals surface area contributed by atoms with Gasteiger partial charge < -0.3 is 14.3 Å². The van der Waals surface area contributed by atoms with E-state index < -0.39 is 0 Å². The Hall–Kier alpha value is -3.43. The van der Waals surface area contributed by atoms with Crippen LogP contribution in [0.2, 0.25) is 0 Å². The summed E-state index contributed by atoms with van der Waals surface area (Å²) in [5.41, 5.74) is 5.47. The molecule has 0 atom stereocenters. The van der Waals surface area contributed by atoms with Crippen molar-refractivity contribution in [3.63, 3.8) is 0 Å². The smallest absolute Gasteiger partial charge is 0.466 e. The molecule has 0 amide bonds. The van der Waals surface area contributed by atoms with Gasteiger partial charge in [-0.05, 0) is 23.2 Å². The maximum atomic E-state index is 6.19. The van der Waals surface area contributed by atoms with Crippen LogP contribution in [0.1, 0.15) is 0 Å². The van der Waals surface area contributed by atoms with Crippen LogP contribution in [0.25, 0.3) is 50.0 Å². The number of pyridine rings is 2. The van der Waals surface area contributed by atoms with Crippen LogP contribution in [-0.4, -0.2) is 14.5 Å². The number of rotatable bonds is 5. The number of benzene rings is 4. The van der Waals surface area contributed by atoms with Gasteiger partial charge in [0.05, 0.1) is 0 Å². The molecule has 0 N–H and O–H groups in total. The monoisotopic (exact) mass is 769 g/mol. The van der Waals surface area contributed by atoms with Crippen LogP contribution in [0.4, 0.5) is 0 Å². The third-order valence-electron chi connectivity index (χ3n) is 6.39. The molecule has 1 radical (unpaired) electrons. The molecule has 4 nitrogen and oxygen atoms in total. The van der Waals surface area contributed by atoms with Crippen molar-refractivity contribution in [3.8, 4) is 39.8 Å². The van der Waals surface area contributed by atoms with E-state index in [0.717, 1.165) is 50.0 Å². The fourth-order valence-electron chi connectivity index (χ4n) is 4.64. The molecule has 0 aliphatic carbocycles. The zero-order valence-corrected chi connectivity index (χ0v) is 26.2. The van der Waals surface area contributed by atoms with Gasteiger partial charge in [0.2, 0.25) is 5.88 Å². The van der Waals surface area contributed by atoms with Crippen LogP contribution < -0.4 is 4.74 Å². The van der Waals surface area contributed by atoms with E-state index in [1.807, 2.05) is 97.2 Å². The molecule has 0 aliphatic rings. The van der Waals surface area contributed by atoms with Gasteiger partial charge >= 0.3 is 21.1 Å². The van der Waals surface area contributed by atoms with Crippen molar-refractivity contribution in [2.24, 2.45) is 0 Å². The van der Waals surface area contributed by atoms with Crippen LogP contribution in [0, 0.1) is 24.3 Å². The normalized spacial score (nSPS) is 10.6. The number of fused-ring (bicyclic) bond motifs is 3. The third kappa shape index (κ3) is 5.45. The molecule has 7 aromatic rings. The summed E-state index contributed by atoms with van der Waals surface area (Å²) < 4.78 is 8.28. The Morgan fingerprint density at radius 2 is 1.45 bits per heavy atom. The van der Waals surface area contributed by atoms with E-state index in [-0.39, 0.29) is 53.8 Å². The summed E-state index contributed by atoms with van der Waals surface area (Å²) >= 11 is 0. The van der Waals surface area contributed by atoms with E-state index in [9.17, 15) is 0 Å². The quantitative estimate of drug-likeness (QED) is 0.167. The van der Waals surface area contributed by atoms with Crippen molar-refractivity contribution in [1.29, 1.82) is 0 Å². The molecule has 0 saturated carbocycles. The molecule has 191 valence electrons. The second-order valence-corrected chi connectivity index (χ2v) is 8.77. The minimum absolute atomic E-state index is 0. The van der Waals surface area contributed by atoms with E-state index in [2.05, 4.69) is 52.0 Å². The number of para-hydroxylation sites is 1. The molecule has 0 saturated heterocycles. The zero-order chi connectivity index (χ0) is 25.3. The van der Waals surface area contributed by atoms with Crippen LogP contribution in [0.3, 0.4) is 0 Å². The van der Waals surface area contributed by atoms with Gasteiger partial charge in [-0.15, -0.1) is 65.5 Å². The number of hydrogen-bond acceptors (Lipinski definition) is 3. The Kier molecular flexibility index (Phi) is 8.71. The predicted octanol–water partition coefficient (Wildman–Crippen LogP) is 7.90. The Bertz CT molecular complexity index is 1890. The summed E-state index contributed by atoms with van der Waals surface area (Å²) in [7, 11) is 0. The fraction of sp³-hybridized carbons (Fsp3) is 0. The molecule has 0 aliphatic heterocycles. The van der Waals surface area contributed by atoms with Crippen LogP contribution in [0.15, 0.2) is 115 Å². The van der Waals surface area contributed by atoms with Crippen molar-refractivity contribution < 1.29 is 58.5 Å². The van der Waals surface area contributed by atoms with E-state index in [1.165, 1.54) is 0 Å². The molecule has 0 fully saturated rings. The molecule has 7 rings (SSSR count). The number of ether oxygens (including phenoxy) is 1. The Morgan fingerprint density at radius 1 is 0.675 bits per heavy atom. The SMILES string of the molecule is [Pt+2].[Y].[c-]1ccccc1-c1[c-]cc(-n2c3[c-]c(Oc4cccc(-c5[c-]cccc5)n4)ccc3c3ccccc32)nc1. The summed E-state index contributed by atoms with van der Waals surface area (Å²) in [5.74, 6) is 1.82. The van der Waals surface area contributed by atoms with Gasteiger partial charge in [0, 0.05) is 49.8 Å². The van der Waals surface area contributed by atoms with Crippen LogP contribution >= 0.6 is 0 Å². The molecule has 40 heavy (non-hydrogen) atoms. The summed E-state index contributed by atoms with van der Waals surface area (Å²) in [4.78, 5) is 9.47. The average Bonchev–Trinajstić information content (AvgIpc) is 3.32. The van der Waals surface area contributed by atoms with Crippen LogP contribution in [-0.2, 0) is 53.8 Å². The molecule has 0 unspecified atom stereocenters. The predicted molar refractivity (Wildman–Crippen MR) is 149 cm³/mol. The van der Waals surface area contributed by atoms with Gasteiger partial charge in [-0.1, -0.05) is 42.0 Å². The molecule has 3 heterocycles. The molecular weight excluding hydrogens is 750 g/mol. The van der Waals surface area contributed by atoms with Gasteiger partial charge in [-0.25, -0.2) is 11.1 Å². The maximum absolute atomic E-state index is 6.19. The van der Waals surface area contributed by atoms with Crippen molar-refractivity contribution in [1.82, 2.24) is 14.5 Å². The van der Waals surface area contributed by atoms with Gasteiger partial charge in [-0.3, -0.25) is 4.98 Å². The van der Waals surface area contributed by atoms with Crippen molar-refractivity contribution >= 4 is 21.8 Å². The topological polar surface area (TPSA) is 39.9 Å². The van der Waals surface area contributed by atoms with Crippen molar-refractivity contribution in [2.45, 2.75) is 0 Å². The largest absolute Gasteiger partial charge is 2.00 e. The van der Waals surface area contributed by atoms with Gasteiger partial charge in [0.1, 0.15) is 0 Å². The summed E-state index contributed by atoms with van der Waals surface area (Å²) in [6.45, 7) is 0. The minimum Gasteiger partial charge on any atom is -0.466 e. The Labute approximate surface area is 272 Å². The minimum atomic E-state index is 0. The number of nitrogens with zero attached hydrogens (tertiary/aromatic N) is 3. The first-order valence-electron chi connectivity index (χ1n) is 12.3.